The summed E-state index contributed by atoms with van der Waals surface area (Å²) in [6, 6.07) is 6.79. The normalized spacial score (nSPS) is 11.1. The van der Waals surface area contributed by atoms with Crippen LogP contribution in [0.25, 0.3) is 0 Å². The van der Waals surface area contributed by atoms with E-state index >= 15 is 0 Å². The van der Waals surface area contributed by atoms with Gasteiger partial charge < -0.3 is 37.9 Å². The van der Waals surface area contributed by atoms with Gasteiger partial charge in [0.25, 0.3) is 11.8 Å². The number of methoxy groups -OCH3 is 6. The van der Waals surface area contributed by atoms with Crippen LogP contribution < -0.4 is 48.7 Å². The number of hydrogen-bond acceptors (Lipinski definition) is 13. The van der Waals surface area contributed by atoms with E-state index in [2.05, 4.69) is 34.9 Å². The van der Waals surface area contributed by atoms with Gasteiger partial charge in [0, 0.05) is 11.1 Å². The van der Waals surface area contributed by atoms with Gasteiger partial charge >= 0.3 is 0 Å². The number of rotatable bonds is 26. The second-order valence-corrected chi connectivity index (χ2v) is 13.3. The molecule has 1 aromatic heterocycles. The van der Waals surface area contributed by atoms with Crippen molar-refractivity contribution in [2.45, 2.75) is 78.1 Å². The topological polar surface area (TPSA) is 157 Å². The molecule has 15 heteroatoms. The van der Waals surface area contributed by atoms with E-state index in [0.29, 0.717) is 58.8 Å². The van der Waals surface area contributed by atoms with Crippen LogP contribution in [0.15, 0.2) is 34.5 Å². The Kier molecular flexibility index (Phi) is 19.5. The van der Waals surface area contributed by atoms with Gasteiger partial charge in [0.15, 0.2) is 34.5 Å². The lowest BCUT2D eigenvalue weighted by Gasteiger charge is -2.13. The first-order valence-electron chi connectivity index (χ1n) is 18.5. The summed E-state index contributed by atoms with van der Waals surface area (Å²) < 4.78 is 45.1. The minimum Gasteiger partial charge on any atom is -0.493 e. The molecule has 0 spiro atoms. The number of unbranched alkanes of at least 4 members (excludes halogenated alkanes) is 8. The van der Waals surface area contributed by atoms with Crippen LogP contribution in [0.4, 0.5) is 0 Å². The second kappa shape index (κ2) is 24.3. The summed E-state index contributed by atoms with van der Waals surface area (Å²) in [6.45, 7) is 4.99. The van der Waals surface area contributed by atoms with Crippen LogP contribution in [0, 0.1) is 0 Å². The first-order chi connectivity index (χ1) is 26.8. The van der Waals surface area contributed by atoms with E-state index in [1.165, 1.54) is 55.1 Å². The maximum absolute atomic E-state index is 13.8. The number of amides is 2. The molecule has 0 aliphatic rings. The summed E-state index contributed by atoms with van der Waals surface area (Å²) >= 11 is 0.938. The van der Waals surface area contributed by atoms with E-state index in [9.17, 15) is 9.59 Å². The van der Waals surface area contributed by atoms with E-state index < -0.39 is 11.8 Å². The Bertz CT molecular complexity index is 1550. The fraction of sp³-hybridized carbons (Fsp3) is 0.500. The van der Waals surface area contributed by atoms with Crippen LogP contribution in [0.3, 0.4) is 0 Å². The van der Waals surface area contributed by atoms with E-state index in [4.69, 9.17) is 37.9 Å². The molecule has 0 saturated carbocycles. The number of benzene rings is 2. The average molecular weight is 785 g/mol. The van der Waals surface area contributed by atoms with Crippen LogP contribution in [0.5, 0.6) is 46.0 Å². The Morgan fingerprint density at radius 2 is 0.873 bits per heavy atom. The van der Waals surface area contributed by atoms with Crippen LogP contribution in [-0.4, -0.2) is 80.1 Å². The SMILES string of the molecule is CCCCCCCOc1c(C(=O)N/N=C\c2cc(OC)c(OC)c(OC)c2)sc(C(=O)N/N=C\c2cc(OC)c(OC)c(OC)c2)c1OCCCCCCC. The van der Waals surface area contributed by atoms with Gasteiger partial charge in [-0.15, -0.1) is 11.3 Å². The summed E-state index contributed by atoms with van der Waals surface area (Å²) in [5.41, 5.74) is 6.31. The monoisotopic (exact) mass is 784 g/mol. The third-order valence-corrected chi connectivity index (χ3v) is 9.51. The second-order valence-electron chi connectivity index (χ2n) is 12.3. The molecule has 0 bridgehead atoms. The standard InChI is InChI=1S/C40H56N4O10S/c1-9-11-13-15-17-19-53-35-36(54-20-18-16-14-12-10-2)38(40(46)44-42-26-28-23-31(49-5)34(52-8)32(24-28)50-6)55-37(35)39(45)43-41-25-27-21-29(47-3)33(51-7)30(22-27)48-4/h21-26H,9-20H2,1-8H3,(H,43,45)(H,44,46)/b41-25-,42-26-. The molecule has 0 aliphatic carbocycles. The highest BCUT2D eigenvalue weighted by Crippen LogP contribution is 2.43. The Morgan fingerprint density at radius 1 is 0.527 bits per heavy atom. The highest BCUT2D eigenvalue weighted by molar-refractivity contribution is 7.16. The number of nitrogens with zero attached hydrogens (tertiary/aromatic N) is 2. The zero-order valence-electron chi connectivity index (χ0n) is 33.3. The molecule has 3 rings (SSSR count). The first-order valence-corrected chi connectivity index (χ1v) is 19.3. The van der Waals surface area contributed by atoms with Crippen molar-refractivity contribution in [2.75, 3.05) is 55.9 Å². The molecule has 2 amide bonds. The number of carbonyl (C=O) groups excluding carboxylic acids is 2. The third-order valence-electron chi connectivity index (χ3n) is 8.36. The molecular formula is C40H56N4O10S. The van der Waals surface area contributed by atoms with Crippen molar-refractivity contribution in [3.05, 3.63) is 45.1 Å². The predicted octanol–water partition coefficient (Wildman–Crippen LogP) is 8.03. The number of carbonyl (C=O) groups is 2. The van der Waals surface area contributed by atoms with E-state index in [0.717, 1.165) is 75.5 Å². The van der Waals surface area contributed by atoms with Gasteiger partial charge in [-0.2, -0.15) is 10.2 Å². The van der Waals surface area contributed by atoms with Crippen molar-refractivity contribution >= 4 is 35.6 Å². The smallest absolute Gasteiger partial charge is 0.285 e. The van der Waals surface area contributed by atoms with Crippen LogP contribution >= 0.6 is 11.3 Å². The summed E-state index contributed by atoms with van der Waals surface area (Å²) in [6.07, 6.45) is 13.0. The van der Waals surface area contributed by atoms with Gasteiger partial charge in [-0.1, -0.05) is 65.2 Å². The molecule has 0 aliphatic heterocycles. The van der Waals surface area contributed by atoms with Gasteiger partial charge in [-0.25, -0.2) is 10.9 Å². The minimum absolute atomic E-state index is 0.135. The molecule has 0 unspecified atom stereocenters. The predicted molar refractivity (Wildman–Crippen MR) is 215 cm³/mol. The quantitative estimate of drug-likeness (QED) is 0.0464. The van der Waals surface area contributed by atoms with Crippen molar-refractivity contribution < 1.29 is 47.5 Å². The summed E-state index contributed by atoms with van der Waals surface area (Å²) in [4.78, 5) is 27.8. The lowest BCUT2D eigenvalue weighted by Crippen LogP contribution is -2.17. The van der Waals surface area contributed by atoms with Gasteiger partial charge in [0.05, 0.1) is 68.3 Å². The summed E-state index contributed by atoms with van der Waals surface area (Å²) in [5.74, 6) is 1.80. The van der Waals surface area contributed by atoms with Gasteiger partial charge in [-0.3, -0.25) is 9.59 Å². The van der Waals surface area contributed by atoms with Crippen molar-refractivity contribution in [3.8, 4) is 46.0 Å². The molecule has 302 valence electrons. The number of thiophene rings is 1. The van der Waals surface area contributed by atoms with Crippen LogP contribution in [0.1, 0.15) is 109 Å². The fourth-order valence-electron chi connectivity index (χ4n) is 5.51. The van der Waals surface area contributed by atoms with Crippen molar-refractivity contribution in [1.82, 2.24) is 10.9 Å². The van der Waals surface area contributed by atoms with E-state index in [1.807, 2.05) is 0 Å². The number of nitrogens with one attached hydrogen (secondary N) is 2. The Hall–Kier alpha value is -5.18. The van der Waals surface area contributed by atoms with Gasteiger partial charge in [0.2, 0.25) is 11.5 Å². The number of ether oxygens (including phenoxy) is 8. The number of hydrazone groups is 2. The Morgan fingerprint density at radius 3 is 1.18 bits per heavy atom. The van der Waals surface area contributed by atoms with Crippen LogP contribution in [0.2, 0.25) is 0 Å². The van der Waals surface area contributed by atoms with Gasteiger partial charge in [-0.05, 0) is 37.1 Å². The molecule has 2 N–H and O–H groups in total. The Labute approximate surface area is 328 Å². The Balaban J connectivity index is 1.96. The highest BCUT2D eigenvalue weighted by Gasteiger charge is 2.30. The molecule has 0 radical (unpaired) electrons. The highest BCUT2D eigenvalue weighted by atomic mass is 32.1. The maximum Gasteiger partial charge on any atom is 0.285 e. The zero-order chi connectivity index (χ0) is 40.0. The van der Waals surface area contributed by atoms with E-state index in [-0.39, 0.29) is 21.3 Å². The molecule has 2 aromatic carbocycles. The molecular weight excluding hydrogens is 729 g/mol. The van der Waals surface area contributed by atoms with Crippen molar-refractivity contribution in [1.29, 1.82) is 0 Å². The molecule has 55 heavy (non-hydrogen) atoms. The van der Waals surface area contributed by atoms with E-state index in [1.54, 1.807) is 24.3 Å². The third kappa shape index (κ3) is 13.0. The summed E-state index contributed by atoms with van der Waals surface area (Å²) in [5, 5.41) is 8.37. The molecule has 0 saturated heterocycles. The molecule has 1 heterocycles. The number of hydrogen-bond donors (Lipinski definition) is 2. The fourth-order valence-corrected chi connectivity index (χ4v) is 6.48. The lowest BCUT2D eigenvalue weighted by atomic mass is 10.2. The largest absolute Gasteiger partial charge is 0.493 e. The van der Waals surface area contributed by atoms with Crippen molar-refractivity contribution in [2.24, 2.45) is 10.2 Å². The molecule has 3 aromatic rings. The molecule has 14 nitrogen and oxygen atoms in total. The first kappa shape index (κ1) is 44.2. The molecule has 0 fully saturated rings. The average Bonchev–Trinajstić information content (AvgIpc) is 3.57. The maximum atomic E-state index is 13.8. The lowest BCUT2D eigenvalue weighted by molar-refractivity contribution is 0.0945. The van der Waals surface area contributed by atoms with Gasteiger partial charge in [0.1, 0.15) is 9.75 Å². The zero-order valence-corrected chi connectivity index (χ0v) is 34.2. The minimum atomic E-state index is -0.581. The molecule has 0 atom stereocenters. The van der Waals surface area contributed by atoms with Crippen molar-refractivity contribution in [3.63, 3.8) is 0 Å². The summed E-state index contributed by atoms with van der Waals surface area (Å²) in [7, 11) is 9.08. The van der Waals surface area contributed by atoms with Crippen LogP contribution in [-0.2, 0) is 0 Å².